The van der Waals surface area contributed by atoms with Crippen molar-refractivity contribution in [2.45, 2.75) is 18.9 Å². The third kappa shape index (κ3) is 8.44. The molecule has 1 unspecified atom stereocenters. The number of carboxylic acids is 1. The molecule has 6 heteroatoms. The fraction of sp³-hybridized carbons (Fsp3) is 0.600. The molecule has 0 aliphatic carbocycles. The van der Waals surface area contributed by atoms with Crippen molar-refractivity contribution in [2.24, 2.45) is 11.5 Å². The topological polar surface area (TPSA) is 109 Å². The normalized spacial score (nSPS) is 11.4. The van der Waals surface area contributed by atoms with Crippen LogP contribution in [0.5, 0.6) is 0 Å². The van der Waals surface area contributed by atoms with Crippen molar-refractivity contribution in [3.63, 3.8) is 0 Å². The van der Waals surface area contributed by atoms with Gasteiger partial charge in [0.15, 0.2) is 0 Å². The Balaban J connectivity index is 0. The molecular weight excluding hydrogens is 175 g/mol. The number of nitrogens with two attached hydrogens (primary N) is 2. The number of primary amides is 1. The molecule has 0 saturated heterocycles. The molecule has 0 fully saturated rings. The van der Waals surface area contributed by atoms with Crippen LogP contribution in [0.15, 0.2) is 0 Å². The number of rotatable bonds is 4. The number of hydrogen-bond acceptors (Lipinski definition) is 4. The van der Waals surface area contributed by atoms with E-state index in [9.17, 15) is 14.7 Å². The summed E-state index contributed by atoms with van der Waals surface area (Å²) in [5.74, 6) is -1.92. The first-order valence-corrected chi connectivity index (χ1v) is 2.78. The van der Waals surface area contributed by atoms with Crippen molar-refractivity contribution in [3.05, 3.63) is 0 Å². The average Bonchev–Trinajstić information content (AvgIpc) is 1.82. The van der Waals surface area contributed by atoms with Crippen LogP contribution in [0.4, 0.5) is 0 Å². The first-order valence-electron chi connectivity index (χ1n) is 2.78. The number of carbonyl (C=O) groups is 2. The molecular formula is C5H9KN2O3. The summed E-state index contributed by atoms with van der Waals surface area (Å²) in [6.45, 7) is 0. The van der Waals surface area contributed by atoms with E-state index in [2.05, 4.69) is 0 Å². The van der Waals surface area contributed by atoms with Crippen molar-refractivity contribution in [1.29, 1.82) is 0 Å². The summed E-state index contributed by atoms with van der Waals surface area (Å²) >= 11 is 0. The minimum Gasteiger partial charge on any atom is -0.548 e. The van der Waals surface area contributed by atoms with E-state index in [-0.39, 0.29) is 64.2 Å². The summed E-state index contributed by atoms with van der Waals surface area (Å²) in [5, 5.41) is 9.92. The summed E-state index contributed by atoms with van der Waals surface area (Å²) in [6.07, 6.45) is 0.0206. The molecule has 0 aromatic rings. The molecule has 1 atom stereocenters. The fourth-order valence-corrected chi connectivity index (χ4v) is 0.416. The predicted molar refractivity (Wildman–Crippen MR) is 31.4 cm³/mol. The number of carboxylic acid groups (broad SMARTS) is 1. The Morgan fingerprint density at radius 3 is 2.18 bits per heavy atom. The number of carbonyl (C=O) groups excluding carboxylic acids is 2. The molecule has 0 aromatic carbocycles. The average molecular weight is 184 g/mol. The van der Waals surface area contributed by atoms with Gasteiger partial charge in [0.05, 0.1) is 5.97 Å². The number of aliphatic carboxylic acids is 1. The minimum absolute atomic E-state index is 0. The van der Waals surface area contributed by atoms with Gasteiger partial charge in [-0.1, -0.05) is 0 Å². The molecule has 11 heavy (non-hydrogen) atoms. The van der Waals surface area contributed by atoms with Crippen molar-refractivity contribution in [3.8, 4) is 0 Å². The molecule has 0 aliphatic heterocycles. The van der Waals surface area contributed by atoms with E-state index in [1.165, 1.54) is 0 Å². The molecule has 0 aliphatic rings. The van der Waals surface area contributed by atoms with Crippen molar-refractivity contribution in [2.75, 3.05) is 0 Å². The van der Waals surface area contributed by atoms with Gasteiger partial charge in [-0.2, -0.15) is 0 Å². The zero-order valence-corrected chi connectivity index (χ0v) is 9.49. The molecule has 0 aromatic heterocycles. The Bertz CT molecular complexity index is 151. The van der Waals surface area contributed by atoms with Crippen LogP contribution >= 0.6 is 0 Å². The van der Waals surface area contributed by atoms with Crippen LogP contribution in [-0.4, -0.2) is 17.9 Å². The van der Waals surface area contributed by atoms with E-state index in [0.29, 0.717) is 0 Å². The molecule has 0 heterocycles. The van der Waals surface area contributed by atoms with Gasteiger partial charge >= 0.3 is 51.4 Å². The van der Waals surface area contributed by atoms with E-state index >= 15 is 0 Å². The molecule has 4 N–H and O–H groups in total. The maximum Gasteiger partial charge on any atom is 1.00 e. The van der Waals surface area contributed by atoms with E-state index in [1.807, 2.05) is 0 Å². The van der Waals surface area contributed by atoms with Crippen LogP contribution in [-0.2, 0) is 9.59 Å². The number of amides is 1. The van der Waals surface area contributed by atoms with Crippen LogP contribution in [0.3, 0.4) is 0 Å². The largest absolute Gasteiger partial charge is 1.00 e. The summed E-state index contributed by atoms with van der Waals surface area (Å²) in [4.78, 5) is 20.0. The van der Waals surface area contributed by atoms with Crippen LogP contribution < -0.4 is 68.0 Å². The Morgan fingerprint density at radius 1 is 1.45 bits per heavy atom. The summed E-state index contributed by atoms with van der Waals surface area (Å²) in [6, 6.07) is -1.09. The van der Waals surface area contributed by atoms with E-state index < -0.39 is 17.9 Å². The SMILES string of the molecule is NC(=O)CCC(N)C(=O)[O-].[K+]. The van der Waals surface area contributed by atoms with Gasteiger partial charge in [0, 0.05) is 12.5 Å². The first kappa shape index (κ1) is 14.1. The number of hydrogen-bond donors (Lipinski definition) is 2. The second kappa shape index (κ2) is 7.20. The van der Waals surface area contributed by atoms with Gasteiger partial charge in [-0.3, -0.25) is 4.79 Å². The van der Waals surface area contributed by atoms with E-state index in [0.717, 1.165) is 0 Å². The van der Waals surface area contributed by atoms with Crippen molar-refractivity contribution in [1.82, 2.24) is 0 Å². The molecule has 0 spiro atoms. The van der Waals surface area contributed by atoms with Crippen LogP contribution in [0.1, 0.15) is 12.8 Å². The van der Waals surface area contributed by atoms with Gasteiger partial charge < -0.3 is 21.4 Å². The zero-order valence-electron chi connectivity index (χ0n) is 6.37. The molecule has 0 bridgehead atoms. The molecule has 5 nitrogen and oxygen atoms in total. The van der Waals surface area contributed by atoms with Crippen molar-refractivity contribution < 1.29 is 66.1 Å². The van der Waals surface area contributed by atoms with E-state index in [4.69, 9.17) is 11.5 Å². The molecule has 58 valence electrons. The Morgan fingerprint density at radius 2 is 1.91 bits per heavy atom. The van der Waals surface area contributed by atoms with Gasteiger partial charge in [-0.25, -0.2) is 0 Å². The summed E-state index contributed by atoms with van der Waals surface area (Å²) in [7, 11) is 0. The third-order valence-corrected chi connectivity index (χ3v) is 1.00. The fourth-order valence-electron chi connectivity index (χ4n) is 0.416. The van der Waals surface area contributed by atoms with Gasteiger partial charge in [0.25, 0.3) is 0 Å². The van der Waals surface area contributed by atoms with Gasteiger partial charge in [0.2, 0.25) is 5.91 Å². The molecule has 0 rings (SSSR count). The van der Waals surface area contributed by atoms with Gasteiger partial charge in [-0.05, 0) is 6.42 Å². The zero-order chi connectivity index (χ0) is 8.15. The Labute approximate surface area is 107 Å². The monoisotopic (exact) mass is 184 g/mol. The Hall–Kier alpha value is 0.536. The van der Waals surface area contributed by atoms with Crippen LogP contribution in [0.2, 0.25) is 0 Å². The maximum atomic E-state index is 10.1. The van der Waals surface area contributed by atoms with Crippen molar-refractivity contribution >= 4 is 11.9 Å². The first-order chi connectivity index (χ1) is 4.54. The summed E-state index contributed by atoms with van der Waals surface area (Å²) < 4.78 is 0. The molecule has 0 saturated carbocycles. The van der Waals surface area contributed by atoms with Crippen LogP contribution in [0.25, 0.3) is 0 Å². The maximum absolute atomic E-state index is 10.1. The second-order valence-electron chi connectivity index (χ2n) is 1.93. The Kier molecular flexibility index (Phi) is 9.22. The smallest absolute Gasteiger partial charge is 0.548 e. The second-order valence-corrected chi connectivity index (χ2v) is 1.93. The summed E-state index contributed by atoms with van der Waals surface area (Å²) in [5.41, 5.74) is 9.73. The molecule has 0 radical (unpaired) electrons. The van der Waals surface area contributed by atoms with Crippen LogP contribution in [0, 0.1) is 0 Å². The van der Waals surface area contributed by atoms with Gasteiger partial charge in [-0.15, -0.1) is 0 Å². The standard InChI is InChI=1S/C5H10N2O3.K/c6-3(5(9)10)1-2-4(7)8;/h3H,1-2,6H2,(H2,7,8)(H,9,10);/q;+1/p-1. The third-order valence-electron chi connectivity index (χ3n) is 1.00. The van der Waals surface area contributed by atoms with Gasteiger partial charge in [0.1, 0.15) is 0 Å². The minimum atomic E-state index is -1.36. The predicted octanol–water partition coefficient (Wildman–Crippen LogP) is -5.67. The molecule has 1 amide bonds. The van der Waals surface area contributed by atoms with E-state index in [1.54, 1.807) is 0 Å². The quantitative estimate of drug-likeness (QED) is 0.424.